The molecule has 0 unspecified atom stereocenters. The highest BCUT2D eigenvalue weighted by molar-refractivity contribution is 6.32. The molecule has 31 heavy (non-hydrogen) atoms. The molecule has 0 amide bonds. The molecule has 0 atom stereocenters. The van der Waals surface area contributed by atoms with E-state index in [1.807, 2.05) is 0 Å². The van der Waals surface area contributed by atoms with E-state index in [0.717, 1.165) is 5.56 Å². The van der Waals surface area contributed by atoms with Crippen LogP contribution in [-0.2, 0) is 11.3 Å². The Bertz CT molecular complexity index is 1180. The number of methoxy groups -OCH3 is 1. The summed E-state index contributed by atoms with van der Waals surface area (Å²) >= 11 is 6.03. The zero-order valence-corrected chi connectivity index (χ0v) is 17.1. The van der Waals surface area contributed by atoms with Crippen LogP contribution in [0.4, 0.5) is 4.39 Å². The third kappa shape index (κ3) is 4.29. The molecule has 3 aromatic carbocycles. The van der Waals surface area contributed by atoms with Gasteiger partial charge in [0.25, 0.3) is 0 Å². The van der Waals surface area contributed by atoms with Gasteiger partial charge >= 0.3 is 5.97 Å². The molecule has 3 aromatic rings. The van der Waals surface area contributed by atoms with Crippen molar-refractivity contribution in [2.24, 2.45) is 0 Å². The summed E-state index contributed by atoms with van der Waals surface area (Å²) in [7, 11) is 1.32. The first-order chi connectivity index (χ1) is 15.0. The third-order valence-corrected chi connectivity index (χ3v) is 5.03. The monoisotopic (exact) mass is 438 g/mol. The van der Waals surface area contributed by atoms with E-state index in [1.165, 1.54) is 31.4 Å². The number of halogens is 2. The van der Waals surface area contributed by atoms with E-state index < -0.39 is 11.8 Å². The lowest BCUT2D eigenvalue weighted by Gasteiger charge is -2.08. The second-order valence-electron chi connectivity index (χ2n) is 6.71. The fraction of sp³-hybridized carbons (Fsp3) is 0.0833. The van der Waals surface area contributed by atoms with E-state index in [0.29, 0.717) is 22.6 Å². The van der Waals surface area contributed by atoms with Crippen LogP contribution in [0.5, 0.6) is 11.5 Å². The first-order valence-electron chi connectivity index (χ1n) is 9.28. The summed E-state index contributed by atoms with van der Waals surface area (Å²) in [5.74, 6) is -0.518. The minimum absolute atomic E-state index is 0.0162. The molecule has 0 bridgehead atoms. The van der Waals surface area contributed by atoms with Crippen molar-refractivity contribution in [1.82, 2.24) is 0 Å². The Kier molecular flexibility index (Phi) is 5.73. The number of hydrogen-bond donors (Lipinski definition) is 0. The Morgan fingerprint density at radius 2 is 1.90 bits per heavy atom. The maximum Gasteiger partial charge on any atom is 0.337 e. The van der Waals surface area contributed by atoms with Crippen LogP contribution in [0, 0.1) is 5.82 Å². The van der Waals surface area contributed by atoms with Gasteiger partial charge in [-0.25, -0.2) is 9.18 Å². The van der Waals surface area contributed by atoms with E-state index in [-0.39, 0.29) is 28.7 Å². The molecule has 0 N–H and O–H groups in total. The molecule has 4 rings (SSSR count). The second kappa shape index (κ2) is 8.62. The van der Waals surface area contributed by atoms with E-state index in [4.69, 9.17) is 21.1 Å². The van der Waals surface area contributed by atoms with Crippen LogP contribution in [0.15, 0.2) is 66.4 Å². The summed E-state index contributed by atoms with van der Waals surface area (Å²) in [4.78, 5) is 24.1. The van der Waals surface area contributed by atoms with Crippen molar-refractivity contribution in [3.63, 3.8) is 0 Å². The lowest BCUT2D eigenvalue weighted by atomic mass is 10.1. The Morgan fingerprint density at radius 1 is 1.13 bits per heavy atom. The van der Waals surface area contributed by atoms with Gasteiger partial charge in [-0.1, -0.05) is 29.8 Å². The predicted octanol–water partition coefficient (Wildman–Crippen LogP) is 5.46. The zero-order chi connectivity index (χ0) is 22.0. The fourth-order valence-electron chi connectivity index (χ4n) is 3.06. The van der Waals surface area contributed by atoms with E-state index in [9.17, 15) is 14.0 Å². The van der Waals surface area contributed by atoms with Gasteiger partial charge in [0, 0.05) is 11.6 Å². The van der Waals surface area contributed by atoms with Crippen molar-refractivity contribution >= 4 is 29.4 Å². The van der Waals surface area contributed by atoms with Crippen LogP contribution in [-0.4, -0.2) is 18.9 Å². The molecule has 0 aliphatic carbocycles. The molecule has 0 spiro atoms. The van der Waals surface area contributed by atoms with Gasteiger partial charge in [-0.15, -0.1) is 0 Å². The average Bonchev–Trinajstić information content (AvgIpc) is 3.09. The molecule has 7 heteroatoms. The van der Waals surface area contributed by atoms with Crippen LogP contribution in [0.3, 0.4) is 0 Å². The van der Waals surface area contributed by atoms with Crippen LogP contribution >= 0.6 is 11.6 Å². The number of carbonyl (C=O) groups excluding carboxylic acids is 2. The first kappa shape index (κ1) is 20.6. The predicted molar refractivity (Wildman–Crippen MR) is 113 cm³/mol. The van der Waals surface area contributed by atoms with E-state index in [2.05, 4.69) is 4.74 Å². The molecule has 1 aliphatic heterocycles. The summed E-state index contributed by atoms with van der Waals surface area (Å²) < 4.78 is 30.1. The Hall–Kier alpha value is -3.64. The zero-order valence-electron chi connectivity index (χ0n) is 16.4. The normalized spacial score (nSPS) is 13.6. The van der Waals surface area contributed by atoms with Crippen molar-refractivity contribution in [2.75, 3.05) is 7.11 Å². The lowest BCUT2D eigenvalue weighted by Crippen LogP contribution is -2.02. The summed E-state index contributed by atoms with van der Waals surface area (Å²) in [5.41, 5.74) is 1.74. The number of allylic oxidation sites excluding steroid dienone is 1. The van der Waals surface area contributed by atoms with Crippen molar-refractivity contribution in [1.29, 1.82) is 0 Å². The van der Waals surface area contributed by atoms with Gasteiger partial charge in [0.1, 0.15) is 23.9 Å². The summed E-state index contributed by atoms with van der Waals surface area (Å²) in [5, 5.41) is 0.182. The molecule has 0 saturated carbocycles. The number of hydrogen-bond acceptors (Lipinski definition) is 5. The number of rotatable bonds is 5. The number of carbonyl (C=O) groups is 2. The first-order valence-corrected chi connectivity index (χ1v) is 9.66. The summed E-state index contributed by atoms with van der Waals surface area (Å²) in [6, 6.07) is 16.0. The van der Waals surface area contributed by atoms with Gasteiger partial charge in [0.05, 0.1) is 23.3 Å². The molecule has 0 radical (unpaired) electrons. The van der Waals surface area contributed by atoms with Gasteiger partial charge in [-0.3, -0.25) is 4.79 Å². The SMILES string of the molecule is COC(=O)c1ccc(COc2ccc3c(c2)O/C(=C\c2c(F)cccc2Cl)C3=O)cc1. The lowest BCUT2D eigenvalue weighted by molar-refractivity contribution is 0.0600. The average molecular weight is 439 g/mol. The molecule has 0 fully saturated rings. The highest BCUT2D eigenvalue weighted by Crippen LogP contribution is 2.36. The van der Waals surface area contributed by atoms with Gasteiger partial charge in [0.2, 0.25) is 5.78 Å². The van der Waals surface area contributed by atoms with Crippen molar-refractivity contribution < 1.29 is 28.2 Å². The molecule has 0 aromatic heterocycles. The molecule has 5 nitrogen and oxygen atoms in total. The molecule has 0 saturated heterocycles. The third-order valence-electron chi connectivity index (χ3n) is 4.70. The minimum Gasteiger partial charge on any atom is -0.489 e. The van der Waals surface area contributed by atoms with Gasteiger partial charge in [-0.2, -0.15) is 0 Å². The molecular weight excluding hydrogens is 423 g/mol. The van der Waals surface area contributed by atoms with Crippen LogP contribution < -0.4 is 9.47 Å². The second-order valence-corrected chi connectivity index (χ2v) is 7.12. The van der Waals surface area contributed by atoms with Gasteiger partial charge in [0.15, 0.2) is 5.76 Å². The van der Waals surface area contributed by atoms with E-state index in [1.54, 1.807) is 42.5 Å². The summed E-state index contributed by atoms with van der Waals surface area (Å²) in [6.07, 6.45) is 1.30. The summed E-state index contributed by atoms with van der Waals surface area (Å²) in [6.45, 7) is 0.252. The number of benzene rings is 3. The topological polar surface area (TPSA) is 61.8 Å². The molecular formula is C24H16ClFO5. The van der Waals surface area contributed by atoms with Crippen LogP contribution in [0.2, 0.25) is 5.02 Å². The van der Waals surface area contributed by atoms with Gasteiger partial charge in [-0.05, 0) is 48.0 Å². The minimum atomic E-state index is -0.547. The van der Waals surface area contributed by atoms with Gasteiger partial charge < -0.3 is 14.2 Å². The fourth-order valence-corrected chi connectivity index (χ4v) is 3.28. The number of esters is 1. The number of ether oxygens (including phenoxy) is 3. The van der Waals surface area contributed by atoms with Crippen molar-refractivity contribution in [3.8, 4) is 11.5 Å². The van der Waals surface area contributed by atoms with Crippen molar-refractivity contribution in [3.05, 3.63) is 99.5 Å². The van der Waals surface area contributed by atoms with Crippen molar-refractivity contribution in [2.45, 2.75) is 6.61 Å². The molecule has 1 aliphatic rings. The molecule has 1 heterocycles. The maximum atomic E-state index is 14.0. The Balaban J connectivity index is 1.48. The van der Waals surface area contributed by atoms with Crippen LogP contribution in [0.1, 0.15) is 31.8 Å². The number of Topliss-reactive ketones (excluding diaryl/α,β-unsaturated/α-hetero) is 1. The van der Waals surface area contributed by atoms with Crippen LogP contribution in [0.25, 0.3) is 6.08 Å². The molecule has 156 valence electrons. The smallest absolute Gasteiger partial charge is 0.337 e. The highest BCUT2D eigenvalue weighted by atomic mass is 35.5. The van der Waals surface area contributed by atoms with E-state index >= 15 is 0 Å². The Labute approximate surface area is 182 Å². The highest BCUT2D eigenvalue weighted by Gasteiger charge is 2.28. The standard InChI is InChI=1S/C24H16ClFO5/c1-29-24(28)15-7-5-14(6-8-15)13-30-16-9-10-17-21(11-16)31-22(23(17)27)12-18-19(25)3-2-4-20(18)26/h2-12H,13H2,1H3/b22-12-. The Morgan fingerprint density at radius 3 is 2.61 bits per heavy atom. The maximum absolute atomic E-state index is 14.0. The largest absolute Gasteiger partial charge is 0.489 e. The number of fused-ring (bicyclic) bond motifs is 1. The number of ketones is 1. The quantitative estimate of drug-likeness (QED) is 0.391.